The number of anilines is 1. The molecule has 1 aliphatic heterocycles. The Hall–Kier alpha value is -4.68. The maximum absolute atomic E-state index is 11.8. The maximum atomic E-state index is 11.8. The summed E-state index contributed by atoms with van der Waals surface area (Å²) in [4.78, 5) is 56.6. The van der Waals surface area contributed by atoms with Crippen LogP contribution < -0.4 is 14.8 Å². The van der Waals surface area contributed by atoms with Crippen molar-refractivity contribution in [2.45, 2.75) is 45.8 Å². The van der Waals surface area contributed by atoms with Crippen LogP contribution in [-0.4, -0.2) is 60.8 Å². The van der Waals surface area contributed by atoms with E-state index in [1.807, 2.05) is 0 Å². The number of hydrogen-bond donors (Lipinski definition) is 1. The van der Waals surface area contributed by atoms with E-state index in [0.717, 1.165) is 6.07 Å². The number of rotatable bonds is 7. The van der Waals surface area contributed by atoms with Crippen molar-refractivity contribution in [2.75, 3.05) is 26.1 Å². The zero-order chi connectivity index (χ0) is 29.5. The van der Waals surface area contributed by atoms with Crippen molar-refractivity contribution in [3.8, 4) is 11.5 Å². The lowest BCUT2D eigenvalue weighted by Crippen LogP contribution is -2.45. The molecule has 1 heterocycles. The van der Waals surface area contributed by atoms with E-state index in [0.29, 0.717) is 17.0 Å². The highest BCUT2D eigenvalue weighted by Crippen LogP contribution is 2.34. The minimum Gasteiger partial charge on any atom is -0.476 e. The molecule has 0 saturated carbocycles. The molecule has 39 heavy (non-hydrogen) atoms. The molecule has 2 aromatic rings. The van der Waals surface area contributed by atoms with Gasteiger partial charge in [0.05, 0.1) is 42.6 Å². The highest BCUT2D eigenvalue weighted by Gasteiger charge is 2.36. The van der Waals surface area contributed by atoms with Gasteiger partial charge in [-0.15, -0.1) is 0 Å². The fraction of sp³-hybridized carbons (Fsp3) is 0.385. The number of benzene rings is 2. The number of esters is 3. The molecule has 13 nitrogen and oxygen atoms in total. The molecule has 2 aromatic carbocycles. The van der Waals surface area contributed by atoms with E-state index >= 15 is 0 Å². The van der Waals surface area contributed by atoms with Crippen LogP contribution in [0.1, 0.15) is 55.3 Å². The fourth-order valence-electron chi connectivity index (χ4n) is 3.17. The number of methoxy groups -OCH3 is 2. The van der Waals surface area contributed by atoms with Crippen LogP contribution in [0, 0.1) is 10.1 Å². The molecule has 0 radical (unpaired) electrons. The number of hydrogen-bond acceptors (Lipinski definition) is 11. The molecule has 0 bridgehead atoms. The van der Waals surface area contributed by atoms with Gasteiger partial charge in [-0.25, -0.2) is 14.4 Å². The molecule has 0 aliphatic carbocycles. The van der Waals surface area contributed by atoms with Gasteiger partial charge in [-0.05, 0) is 65.0 Å². The number of amides is 1. The van der Waals surface area contributed by atoms with Crippen LogP contribution in [0.25, 0.3) is 0 Å². The number of ether oxygens (including phenoxy) is 5. The Morgan fingerprint density at radius 2 is 1.59 bits per heavy atom. The first-order valence-electron chi connectivity index (χ1n) is 11.6. The molecular formula is C26H30N2O11. The molecule has 13 heteroatoms. The monoisotopic (exact) mass is 546 g/mol. The lowest BCUT2D eigenvalue weighted by atomic mass is 10.1. The summed E-state index contributed by atoms with van der Waals surface area (Å²) in [6.07, 6.45) is 0. The molecule has 1 N–H and O–H groups in total. The van der Waals surface area contributed by atoms with E-state index in [4.69, 9.17) is 14.2 Å². The van der Waals surface area contributed by atoms with Crippen LogP contribution in [0.4, 0.5) is 11.4 Å². The lowest BCUT2D eigenvalue weighted by Gasteiger charge is -2.31. The van der Waals surface area contributed by atoms with Gasteiger partial charge in [-0.2, -0.15) is 0 Å². The molecule has 0 atom stereocenters. The number of nitrogens with one attached hydrogen (secondary N) is 1. The van der Waals surface area contributed by atoms with Gasteiger partial charge in [0.2, 0.25) is 5.60 Å². The third-order valence-corrected chi connectivity index (χ3v) is 5.27. The highest BCUT2D eigenvalue weighted by molar-refractivity contribution is 6.01. The van der Waals surface area contributed by atoms with Crippen LogP contribution in [0.3, 0.4) is 0 Å². The number of fused-ring (bicyclic) bond motifs is 1. The second kappa shape index (κ2) is 12.2. The molecule has 210 valence electrons. The normalized spacial score (nSPS) is 13.3. The minimum absolute atomic E-state index is 0.00971. The molecule has 1 aliphatic rings. The number of nitro groups is 1. The Kier molecular flexibility index (Phi) is 9.59. The Balaban J connectivity index is 0.000000282. The highest BCUT2D eigenvalue weighted by atomic mass is 16.6. The molecule has 3 rings (SSSR count). The van der Waals surface area contributed by atoms with Crippen molar-refractivity contribution in [3.63, 3.8) is 0 Å². The second-order valence-electron chi connectivity index (χ2n) is 9.03. The van der Waals surface area contributed by atoms with E-state index in [1.54, 1.807) is 32.9 Å². The topological polar surface area (TPSA) is 170 Å². The van der Waals surface area contributed by atoms with Gasteiger partial charge in [0.1, 0.15) is 5.75 Å². The lowest BCUT2D eigenvalue weighted by molar-refractivity contribution is -0.386. The first kappa shape index (κ1) is 30.5. The molecule has 0 spiro atoms. The van der Waals surface area contributed by atoms with Crippen molar-refractivity contribution in [1.82, 2.24) is 0 Å². The van der Waals surface area contributed by atoms with Gasteiger partial charge >= 0.3 is 23.6 Å². The first-order valence-corrected chi connectivity index (χ1v) is 11.6. The summed E-state index contributed by atoms with van der Waals surface area (Å²) in [5, 5.41) is 13.8. The zero-order valence-electron chi connectivity index (χ0n) is 22.6. The third kappa shape index (κ3) is 7.43. The number of carbonyl (C=O) groups is 4. The van der Waals surface area contributed by atoms with Crippen LogP contribution in [0.5, 0.6) is 11.5 Å². The van der Waals surface area contributed by atoms with E-state index in [-0.39, 0.29) is 23.8 Å². The Morgan fingerprint density at radius 3 is 2.13 bits per heavy atom. The van der Waals surface area contributed by atoms with Crippen molar-refractivity contribution in [1.29, 1.82) is 0 Å². The van der Waals surface area contributed by atoms with Crippen molar-refractivity contribution in [3.05, 3.63) is 57.6 Å². The van der Waals surface area contributed by atoms with Gasteiger partial charge in [-0.1, -0.05) is 0 Å². The van der Waals surface area contributed by atoms with Gasteiger partial charge in [0, 0.05) is 6.07 Å². The average molecular weight is 547 g/mol. The molecule has 1 amide bonds. The van der Waals surface area contributed by atoms with Crippen LogP contribution in [0.15, 0.2) is 36.4 Å². The van der Waals surface area contributed by atoms with Gasteiger partial charge < -0.3 is 29.0 Å². The summed E-state index contributed by atoms with van der Waals surface area (Å²) in [7, 11) is 2.47. The summed E-state index contributed by atoms with van der Waals surface area (Å²) in [6.45, 7) is 8.03. The van der Waals surface area contributed by atoms with Crippen LogP contribution in [0.2, 0.25) is 0 Å². The van der Waals surface area contributed by atoms with Crippen molar-refractivity contribution < 1.29 is 47.8 Å². The third-order valence-electron chi connectivity index (χ3n) is 5.27. The van der Waals surface area contributed by atoms with E-state index < -0.39 is 39.7 Å². The number of nitro benzene ring substituents is 1. The van der Waals surface area contributed by atoms with Gasteiger partial charge in [0.25, 0.3) is 5.91 Å². The summed E-state index contributed by atoms with van der Waals surface area (Å²) in [5.41, 5.74) is -1.89. The molecule has 0 unspecified atom stereocenters. The summed E-state index contributed by atoms with van der Waals surface area (Å²) in [6, 6.07) is 8.36. The van der Waals surface area contributed by atoms with Crippen molar-refractivity contribution in [2.24, 2.45) is 0 Å². The average Bonchev–Trinajstić information content (AvgIpc) is 2.88. The minimum atomic E-state index is -1.41. The SMILES string of the molecule is CCOC(=O)C(C)(C)Oc1ccc(C(=O)OC)cc1[N+](=O)[O-].COC(=O)c1ccc2c(c1)NC(=O)C(C)(C)O2. The predicted octanol–water partition coefficient (Wildman–Crippen LogP) is 3.68. The quantitative estimate of drug-likeness (QED) is 0.232. The van der Waals surface area contributed by atoms with Crippen LogP contribution >= 0.6 is 0 Å². The Labute approximate surface area is 224 Å². The largest absolute Gasteiger partial charge is 0.476 e. The Bertz CT molecular complexity index is 1280. The van der Waals surface area contributed by atoms with Gasteiger partial charge in [-0.3, -0.25) is 14.9 Å². The van der Waals surface area contributed by atoms with Crippen molar-refractivity contribution >= 4 is 35.2 Å². The summed E-state index contributed by atoms with van der Waals surface area (Å²) in [5.74, 6) is -1.66. The summed E-state index contributed by atoms with van der Waals surface area (Å²) < 4.78 is 24.9. The molecule has 0 fully saturated rings. The maximum Gasteiger partial charge on any atom is 0.349 e. The van der Waals surface area contributed by atoms with E-state index in [2.05, 4.69) is 14.8 Å². The molecular weight excluding hydrogens is 516 g/mol. The second-order valence-corrected chi connectivity index (χ2v) is 9.03. The van der Waals surface area contributed by atoms with Crippen LogP contribution in [-0.2, 0) is 23.8 Å². The smallest absolute Gasteiger partial charge is 0.349 e. The standard InChI is InChI=1S/C14H17NO7.C12H13NO4/c1-5-21-13(17)14(2,3)22-11-7-6-9(12(16)20-4)8-10(11)15(18)19;1-12(2)11(15)13-8-6-7(10(14)16-3)4-5-9(8)17-12/h6-8H,5H2,1-4H3;4-6H,1-3H3,(H,13,15). The predicted molar refractivity (Wildman–Crippen MR) is 137 cm³/mol. The Morgan fingerprint density at radius 1 is 1.03 bits per heavy atom. The van der Waals surface area contributed by atoms with E-state index in [1.165, 1.54) is 46.3 Å². The summed E-state index contributed by atoms with van der Waals surface area (Å²) >= 11 is 0. The zero-order valence-corrected chi connectivity index (χ0v) is 22.6. The van der Waals surface area contributed by atoms with E-state index in [9.17, 15) is 29.3 Å². The molecule has 0 aromatic heterocycles. The fourth-order valence-corrected chi connectivity index (χ4v) is 3.17. The molecule has 0 saturated heterocycles. The van der Waals surface area contributed by atoms with Gasteiger partial charge in [0.15, 0.2) is 11.4 Å². The number of carbonyl (C=O) groups excluding carboxylic acids is 4. The number of nitrogens with zero attached hydrogens (tertiary/aromatic N) is 1. The first-order chi connectivity index (χ1) is 18.2.